The summed E-state index contributed by atoms with van der Waals surface area (Å²) in [5, 5.41) is 11.5. The van der Waals surface area contributed by atoms with Crippen LogP contribution >= 0.6 is 11.6 Å². The summed E-state index contributed by atoms with van der Waals surface area (Å²) >= 11 is 5.69. The Labute approximate surface area is 103 Å². The predicted molar refractivity (Wildman–Crippen MR) is 59.6 cm³/mol. The van der Waals surface area contributed by atoms with Crippen molar-refractivity contribution < 1.29 is 19.4 Å². The number of aliphatic hydroxyl groups is 1. The molecule has 0 saturated heterocycles. The number of aromatic nitrogens is 1. The standard InChI is InChI=1S/C10H11ClN2O4/c1-17-10(16)8(5-14)13-9(15)7-4-6(11)2-3-12-7/h2-4,8,14H,5H2,1H3,(H,13,15). The first-order valence-electron chi connectivity index (χ1n) is 4.69. The number of rotatable bonds is 4. The van der Waals surface area contributed by atoms with Gasteiger partial charge in [0.05, 0.1) is 13.7 Å². The van der Waals surface area contributed by atoms with E-state index in [9.17, 15) is 9.59 Å². The Morgan fingerprint density at radius 1 is 1.65 bits per heavy atom. The van der Waals surface area contributed by atoms with E-state index < -0.39 is 24.5 Å². The molecule has 1 amide bonds. The molecule has 17 heavy (non-hydrogen) atoms. The molecule has 1 rings (SSSR count). The van der Waals surface area contributed by atoms with Gasteiger partial charge in [0, 0.05) is 11.2 Å². The number of carbonyl (C=O) groups is 2. The van der Waals surface area contributed by atoms with E-state index in [0.29, 0.717) is 5.02 Å². The minimum atomic E-state index is -1.12. The third kappa shape index (κ3) is 3.69. The highest BCUT2D eigenvalue weighted by Gasteiger charge is 2.21. The zero-order valence-corrected chi connectivity index (χ0v) is 9.77. The Hall–Kier alpha value is -1.66. The van der Waals surface area contributed by atoms with Crippen LogP contribution in [0.1, 0.15) is 10.5 Å². The van der Waals surface area contributed by atoms with E-state index in [4.69, 9.17) is 16.7 Å². The smallest absolute Gasteiger partial charge is 0.330 e. The molecule has 1 unspecified atom stereocenters. The molecule has 1 aromatic heterocycles. The highest BCUT2D eigenvalue weighted by atomic mass is 35.5. The van der Waals surface area contributed by atoms with Gasteiger partial charge in [-0.2, -0.15) is 0 Å². The first-order chi connectivity index (χ1) is 8.08. The summed E-state index contributed by atoms with van der Waals surface area (Å²) < 4.78 is 4.40. The lowest BCUT2D eigenvalue weighted by Crippen LogP contribution is -2.44. The van der Waals surface area contributed by atoms with Gasteiger partial charge >= 0.3 is 5.97 Å². The molecule has 1 aromatic rings. The number of hydrogen-bond acceptors (Lipinski definition) is 5. The second-order valence-corrected chi connectivity index (χ2v) is 3.53. The van der Waals surface area contributed by atoms with Crippen LogP contribution in [-0.2, 0) is 9.53 Å². The maximum absolute atomic E-state index is 11.6. The summed E-state index contributed by atoms with van der Waals surface area (Å²) in [5.41, 5.74) is 0.0554. The van der Waals surface area contributed by atoms with Crippen LogP contribution in [-0.4, -0.2) is 41.7 Å². The van der Waals surface area contributed by atoms with E-state index in [1.165, 1.54) is 18.3 Å². The lowest BCUT2D eigenvalue weighted by molar-refractivity contribution is -0.143. The van der Waals surface area contributed by atoms with Gasteiger partial charge in [0.2, 0.25) is 0 Å². The van der Waals surface area contributed by atoms with Gasteiger partial charge in [0.1, 0.15) is 5.69 Å². The predicted octanol–water partition coefficient (Wildman–Crippen LogP) is -0.00130. The van der Waals surface area contributed by atoms with Crippen molar-refractivity contribution in [2.75, 3.05) is 13.7 Å². The van der Waals surface area contributed by atoms with Gasteiger partial charge in [0.25, 0.3) is 5.91 Å². The number of pyridine rings is 1. The van der Waals surface area contributed by atoms with Crippen LogP contribution in [0.4, 0.5) is 0 Å². The molecule has 0 aliphatic rings. The molecule has 1 atom stereocenters. The van der Waals surface area contributed by atoms with E-state index in [-0.39, 0.29) is 5.69 Å². The Morgan fingerprint density at radius 2 is 2.35 bits per heavy atom. The monoisotopic (exact) mass is 258 g/mol. The first-order valence-corrected chi connectivity index (χ1v) is 5.07. The lowest BCUT2D eigenvalue weighted by atomic mass is 10.2. The SMILES string of the molecule is COC(=O)C(CO)NC(=O)c1cc(Cl)ccn1. The van der Waals surface area contributed by atoms with E-state index in [2.05, 4.69) is 15.0 Å². The van der Waals surface area contributed by atoms with Crippen molar-refractivity contribution in [3.8, 4) is 0 Å². The maximum atomic E-state index is 11.6. The number of ether oxygens (including phenoxy) is 1. The number of hydrogen-bond donors (Lipinski definition) is 2. The van der Waals surface area contributed by atoms with Crippen LogP contribution in [0.5, 0.6) is 0 Å². The molecule has 0 radical (unpaired) electrons. The summed E-state index contributed by atoms with van der Waals surface area (Å²) in [6, 6.07) is 1.75. The quantitative estimate of drug-likeness (QED) is 0.742. The van der Waals surface area contributed by atoms with Crippen LogP contribution in [0, 0.1) is 0 Å². The first kappa shape index (κ1) is 13.4. The van der Waals surface area contributed by atoms with Gasteiger partial charge in [-0.1, -0.05) is 11.6 Å². The Morgan fingerprint density at radius 3 is 2.88 bits per heavy atom. The molecule has 0 spiro atoms. The molecule has 0 saturated carbocycles. The van der Waals surface area contributed by atoms with Gasteiger partial charge in [-0.25, -0.2) is 4.79 Å². The molecule has 7 heteroatoms. The van der Waals surface area contributed by atoms with Crippen LogP contribution in [0.25, 0.3) is 0 Å². The molecule has 6 nitrogen and oxygen atoms in total. The fourth-order valence-corrected chi connectivity index (χ4v) is 1.24. The van der Waals surface area contributed by atoms with E-state index in [0.717, 1.165) is 7.11 Å². The number of methoxy groups -OCH3 is 1. The van der Waals surface area contributed by atoms with Crippen molar-refractivity contribution in [3.63, 3.8) is 0 Å². The van der Waals surface area contributed by atoms with Crippen LogP contribution in [0.15, 0.2) is 18.3 Å². The van der Waals surface area contributed by atoms with Gasteiger partial charge in [-0.3, -0.25) is 9.78 Å². The summed E-state index contributed by atoms with van der Waals surface area (Å²) in [6.45, 7) is -0.557. The second-order valence-electron chi connectivity index (χ2n) is 3.09. The normalized spacial score (nSPS) is 11.7. The number of nitrogens with zero attached hydrogens (tertiary/aromatic N) is 1. The third-order valence-corrected chi connectivity index (χ3v) is 2.16. The molecule has 92 valence electrons. The van der Waals surface area contributed by atoms with Gasteiger partial charge < -0.3 is 15.2 Å². The lowest BCUT2D eigenvalue weighted by Gasteiger charge is -2.13. The second kappa shape index (κ2) is 6.17. The zero-order valence-electron chi connectivity index (χ0n) is 9.01. The molecular formula is C10H11ClN2O4. The van der Waals surface area contributed by atoms with Crippen molar-refractivity contribution >= 4 is 23.5 Å². The van der Waals surface area contributed by atoms with Crippen molar-refractivity contribution in [2.45, 2.75) is 6.04 Å². The van der Waals surface area contributed by atoms with E-state index in [1.807, 2.05) is 0 Å². The Balaban J connectivity index is 2.74. The Bertz CT molecular complexity index is 425. The van der Waals surface area contributed by atoms with E-state index >= 15 is 0 Å². The largest absolute Gasteiger partial charge is 0.467 e. The highest BCUT2D eigenvalue weighted by molar-refractivity contribution is 6.30. The number of esters is 1. The van der Waals surface area contributed by atoms with Gasteiger partial charge in [0.15, 0.2) is 6.04 Å². The van der Waals surface area contributed by atoms with Crippen molar-refractivity contribution in [1.29, 1.82) is 0 Å². The molecule has 0 aliphatic heterocycles. The topological polar surface area (TPSA) is 88.5 Å². The third-order valence-electron chi connectivity index (χ3n) is 1.93. The average Bonchev–Trinajstić information content (AvgIpc) is 2.34. The molecule has 0 aliphatic carbocycles. The molecule has 0 fully saturated rings. The molecule has 2 N–H and O–H groups in total. The summed E-state index contributed by atoms with van der Waals surface area (Å²) in [5.74, 6) is -1.35. The molecule has 0 bridgehead atoms. The van der Waals surface area contributed by atoms with Crippen molar-refractivity contribution in [3.05, 3.63) is 29.0 Å². The van der Waals surface area contributed by atoms with Crippen molar-refractivity contribution in [1.82, 2.24) is 10.3 Å². The van der Waals surface area contributed by atoms with Crippen LogP contribution < -0.4 is 5.32 Å². The van der Waals surface area contributed by atoms with Crippen molar-refractivity contribution in [2.24, 2.45) is 0 Å². The number of amides is 1. The molecular weight excluding hydrogens is 248 g/mol. The Kier molecular flexibility index (Phi) is 4.86. The average molecular weight is 259 g/mol. The fraction of sp³-hybridized carbons (Fsp3) is 0.300. The number of carbonyl (C=O) groups excluding carboxylic acids is 2. The van der Waals surface area contributed by atoms with Crippen LogP contribution in [0.3, 0.4) is 0 Å². The van der Waals surface area contributed by atoms with Crippen LogP contribution in [0.2, 0.25) is 5.02 Å². The minimum Gasteiger partial charge on any atom is -0.467 e. The fourth-order valence-electron chi connectivity index (χ4n) is 1.08. The number of nitrogens with one attached hydrogen (secondary N) is 1. The van der Waals surface area contributed by atoms with Gasteiger partial charge in [-0.15, -0.1) is 0 Å². The molecule has 1 heterocycles. The number of aliphatic hydroxyl groups excluding tert-OH is 1. The zero-order chi connectivity index (χ0) is 12.8. The molecule has 0 aromatic carbocycles. The number of halogens is 1. The summed E-state index contributed by atoms with van der Waals surface area (Å²) in [6.07, 6.45) is 1.36. The summed E-state index contributed by atoms with van der Waals surface area (Å²) in [7, 11) is 1.16. The highest BCUT2D eigenvalue weighted by Crippen LogP contribution is 2.07. The summed E-state index contributed by atoms with van der Waals surface area (Å²) in [4.78, 5) is 26.6. The van der Waals surface area contributed by atoms with E-state index in [1.54, 1.807) is 0 Å². The minimum absolute atomic E-state index is 0.0554. The maximum Gasteiger partial charge on any atom is 0.330 e. The van der Waals surface area contributed by atoms with Gasteiger partial charge in [-0.05, 0) is 12.1 Å².